The lowest BCUT2D eigenvalue weighted by Gasteiger charge is -2.24. The van der Waals surface area contributed by atoms with Gasteiger partial charge in [-0.05, 0) is 43.2 Å². The Labute approximate surface area is 183 Å². The Bertz CT molecular complexity index is 998. The van der Waals surface area contributed by atoms with Crippen LogP contribution in [0.5, 0.6) is 0 Å². The van der Waals surface area contributed by atoms with Gasteiger partial charge in [0.05, 0.1) is 4.91 Å². The fraction of sp³-hybridized carbons (Fsp3) is 0.238. The molecule has 1 unspecified atom stereocenters. The van der Waals surface area contributed by atoms with Crippen LogP contribution in [0.2, 0.25) is 5.02 Å². The van der Waals surface area contributed by atoms with Gasteiger partial charge >= 0.3 is 0 Å². The van der Waals surface area contributed by atoms with Crippen LogP contribution < -0.4 is 0 Å². The van der Waals surface area contributed by atoms with Gasteiger partial charge in [-0.1, -0.05) is 41.6 Å². The Hall–Kier alpha value is -2.22. The monoisotopic (exact) mass is 447 g/mol. The molecule has 1 atom stereocenters. The zero-order chi connectivity index (χ0) is 21.0. The molecule has 29 heavy (non-hydrogen) atoms. The molecule has 3 rings (SSSR count). The molecule has 2 aromatic rings. The number of halogens is 1. The summed E-state index contributed by atoms with van der Waals surface area (Å²) >= 11 is 12.6. The van der Waals surface area contributed by atoms with Crippen LogP contribution in [0.3, 0.4) is 0 Å². The molecule has 150 valence electrons. The second kappa shape index (κ2) is 9.52. The molecule has 0 saturated carbocycles. The third-order valence-electron chi connectivity index (χ3n) is 4.54. The van der Waals surface area contributed by atoms with Crippen molar-refractivity contribution >= 4 is 64.5 Å². The zero-order valence-electron chi connectivity index (χ0n) is 15.6. The maximum absolute atomic E-state index is 12.9. The van der Waals surface area contributed by atoms with Gasteiger partial charge in [-0.2, -0.15) is 0 Å². The van der Waals surface area contributed by atoms with Crippen LogP contribution >= 0.6 is 35.6 Å². The van der Waals surface area contributed by atoms with Crippen LogP contribution in [0.1, 0.15) is 30.6 Å². The number of carbonyl (C=O) groups excluding carboxylic acids is 3. The van der Waals surface area contributed by atoms with Crippen LogP contribution in [0.15, 0.2) is 39.7 Å². The van der Waals surface area contributed by atoms with Gasteiger partial charge in [-0.15, -0.1) is 0 Å². The van der Waals surface area contributed by atoms with Gasteiger partial charge in [-0.25, -0.2) is 0 Å². The second-order valence-corrected chi connectivity index (χ2v) is 8.63. The van der Waals surface area contributed by atoms with Crippen molar-refractivity contribution in [2.24, 2.45) is 0 Å². The van der Waals surface area contributed by atoms with Gasteiger partial charge in [0.1, 0.15) is 28.4 Å². The van der Waals surface area contributed by atoms with E-state index in [0.29, 0.717) is 32.2 Å². The maximum atomic E-state index is 12.9. The highest BCUT2D eigenvalue weighted by Gasteiger charge is 2.36. The van der Waals surface area contributed by atoms with Gasteiger partial charge in [0.2, 0.25) is 0 Å². The number of rotatable bonds is 8. The van der Waals surface area contributed by atoms with Crippen molar-refractivity contribution in [3.63, 3.8) is 0 Å². The summed E-state index contributed by atoms with van der Waals surface area (Å²) in [4.78, 5) is 36.4. The van der Waals surface area contributed by atoms with Gasteiger partial charge in [0.15, 0.2) is 0 Å². The maximum Gasteiger partial charge on any atom is 0.266 e. The number of amides is 1. The Morgan fingerprint density at radius 1 is 1.24 bits per heavy atom. The van der Waals surface area contributed by atoms with Crippen molar-refractivity contribution in [3.05, 3.63) is 51.6 Å². The molecule has 1 fully saturated rings. The largest absolute Gasteiger partial charge is 0.457 e. The van der Waals surface area contributed by atoms with E-state index in [9.17, 15) is 14.4 Å². The highest BCUT2D eigenvalue weighted by atomic mass is 35.5. The summed E-state index contributed by atoms with van der Waals surface area (Å²) in [7, 11) is 0. The Morgan fingerprint density at radius 3 is 2.76 bits per heavy atom. The van der Waals surface area contributed by atoms with E-state index < -0.39 is 6.04 Å². The molecular formula is C21H18ClNO4S2. The first-order valence-electron chi connectivity index (χ1n) is 8.95. The number of carbonyl (C=O) groups is 3. The number of aldehydes is 2. The minimum atomic E-state index is -0.419. The van der Waals surface area contributed by atoms with Crippen LogP contribution in [0.25, 0.3) is 17.4 Å². The summed E-state index contributed by atoms with van der Waals surface area (Å²) in [5.41, 5.74) is 1.90. The molecule has 0 spiro atoms. The standard InChI is InChI=1S/C21H18ClNO4S2/c1-13-4-5-14(22)11-17(13)18-7-6-16(27-18)12-19-20(26)23(21(28)29-19)15(8-10-25)3-2-9-24/h4-7,9-12,15H,2-3,8H2,1H3/b19-12+. The molecule has 1 saturated heterocycles. The number of thiocarbonyl (C=S) groups is 1. The lowest BCUT2D eigenvalue weighted by molar-refractivity contribution is -0.124. The van der Waals surface area contributed by atoms with Crippen LogP contribution in [0.4, 0.5) is 0 Å². The minimum absolute atomic E-state index is 0.131. The molecule has 0 radical (unpaired) electrons. The first-order chi connectivity index (χ1) is 13.9. The van der Waals surface area contributed by atoms with Crippen molar-refractivity contribution in [1.29, 1.82) is 0 Å². The SMILES string of the molecule is Cc1ccc(Cl)cc1-c1ccc(/C=C2/SC(=S)N(C(CC=O)CCC=O)C2=O)o1. The topological polar surface area (TPSA) is 67.6 Å². The third kappa shape index (κ3) is 4.86. The number of thioether (sulfide) groups is 1. The van der Waals surface area contributed by atoms with Crippen molar-refractivity contribution in [2.75, 3.05) is 0 Å². The average Bonchev–Trinajstić information content (AvgIpc) is 3.26. The van der Waals surface area contributed by atoms with Crippen molar-refractivity contribution in [1.82, 2.24) is 4.90 Å². The Balaban J connectivity index is 1.84. The lowest BCUT2D eigenvalue weighted by Crippen LogP contribution is -2.39. The molecule has 1 aliphatic rings. The molecule has 0 N–H and O–H groups in total. The van der Waals surface area contributed by atoms with Gasteiger partial charge < -0.3 is 14.0 Å². The fourth-order valence-corrected chi connectivity index (χ4v) is 4.64. The number of benzene rings is 1. The van der Waals surface area contributed by atoms with E-state index in [4.69, 9.17) is 28.2 Å². The summed E-state index contributed by atoms with van der Waals surface area (Å²) in [5.74, 6) is 0.880. The molecular weight excluding hydrogens is 430 g/mol. The van der Waals surface area contributed by atoms with Gasteiger partial charge in [0.25, 0.3) is 5.91 Å². The van der Waals surface area contributed by atoms with E-state index in [2.05, 4.69) is 0 Å². The molecule has 5 nitrogen and oxygen atoms in total. The summed E-state index contributed by atoms with van der Waals surface area (Å²) in [5, 5.41) is 0.612. The van der Waals surface area contributed by atoms with E-state index in [-0.39, 0.29) is 18.7 Å². The van der Waals surface area contributed by atoms with E-state index in [1.165, 1.54) is 4.90 Å². The molecule has 1 aliphatic heterocycles. The molecule has 2 heterocycles. The average molecular weight is 448 g/mol. The molecule has 1 amide bonds. The van der Waals surface area contributed by atoms with Crippen LogP contribution in [0, 0.1) is 6.92 Å². The molecule has 8 heteroatoms. The van der Waals surface area contributed by atoms with E-state index in [1.54, 1.807) is 12.1 Å². The van der Waals surface area contributed by atoms with Gasteiger partial charge in [-0.3, -0.25) is 9.69 Å². The number of furan rings is 1. The third-order valence-corrected chi connectivity index (χ3v) is 6.11. The normalized spacial score (nSPS) is 16.5. The number of nitrogens with zero attached hydrogens (tertiary/aromatic N) is 1. The lowest BCUT2D eigenvalue weighted by atomic mass is 10.1. The fourth-order valence-electron chi connectivity index (χ4n) is 3.08. The first-order valence-corrected chi connectivity index (χ1v) is 10.6. The van der Waals surface area contributed by atoms with E-state index >= 15 is 0 Å². The number of hydrogen-bond donors (Lipinski definition) is 0. The minimum Gasteiger partial charge on any atom is -0.457 e. The van der Waals surface area contributed by atoms with Crippen molar-refractivity contribution in [2.45, 2.75) is 32.2 Å². The summed E-state index contributed by atoms with van der Waals surface area (Å²) < 4.78 is 6.27. The van der Waals surface area contributed by atoms with Crippen LogP contribution in [-0.2, 0) is 14.4 Å². The second-order valence-electron chi connectivity index (χ2n) is 6.51. The van der Waals surface area contributed by atoms with Gasteiger partial charge in [0, 0.05) is 35.5 Å². The Morgan fingerprint density at radius 2 is 2.03 bits per heavy atom. The smallest absolute Gasteiger partial charge is 0.266 e. The first kappa shape index (κ1) is 21.5. The van der Waals surface area contributed by atoms with E-state index in [1.807, 2.05) is 31.2 Å². The highest BCUT2D eigenvalue weighted by molar-refractivity contribution is 8.26. The van der Waals surface area contributed by atoms with Crippen LogP contribution in [-0.4, -0.2) is 33.7 Å². The van der Waals surface area contributed by atoms with E-state index in [0.717, 1.165) is 35.5 Å². The summed E-state index contributed by atoms with van der Waals surface area (Å²) in [6, 6.07) is 8.74. The summed E-state index contributed by atoms with van der Waals surface area (Å²) in [6.07, 6.45) is 3.93. The number of aryl methyl sites for hydroxylation is 1. The highest BCUT2D eigenvalue weighted by Crippen LogP contribution is 2.36. The Kier molecular flexibility index (Phi) is 7.05. The molecule has 0 bridgehead atoms. The summed E-state index contributed by atoms with van der Waals surface area (Å²) in [6.45, 7) is 1.96. The predicted octanol–water partition coefficient (Wildman–Crippen LogP) is 5.05. The number of hydrogen-bond acceptors (Lipinski definition) is 6. The predicted molar refractivity (Wildman–Crippen MR) is 119 cm³/mol. The molecule has 0 aliphatic carbocycles. The molecule has 1 aromatic carbocycles. The zero-order valence-corrected chi connectivity index (χ0v) is 18.0. The molecule has 1 aromatic heterocycles. The quantitative estimate of drug-likeness (QED) is 0.320. The van der Waals surface area contributed by atoms with Crippen molar-refractivity contribution < 1.29 is 18.8 Å². The van der Waals surface area contributed by atoms with Crippen molar-refractivity contribution in [3.8, 4) is 11.3 Å².